The highest BCUT2D eigenvalue weighted by Crippen LogP contribution is 2.28. The van der Waals surface area contributed by atoms with Gasteiger partial charge in [0, 0.05) is 44.0 Å². The van der Waals surface area contributed by atoms with E-state index in [-0.39, 0.29) is 11.8 Å². The molecule has 5 rings (SSSR count). The molecule has 2 aliphatic heterocycles. The van der Waals surface area contributed by atoms with Crippen molar-refractivity contribution in [2.24, 2.45) is 0 Å². The van der Waals surface area contributed by atoms with Gasteiger partial charge in [0.05, 0.1) is 11.9 Å². The number of hydrogen-bond acceptors (Lipinski definition) is 7. The topological polar surface area (TPSA) is 84.3 Å². The van der Waals surface area contributed by atoms with Crippen molar-refractivity contribution in [3.05, 3.63) is 65.9 Å². The van der Waals surface area contributed by atoms with Gasteiger partial charge in [-0.05, 0) is 57.2 Å². The van der Waals surface area contributed by atoms with Crippen LogP contribution in [0.15, 0.2) is 48.8 Å². The number of aryl methyl sites for hydroxylation is 1. The first-order valence-electron chi connectivity index (χ1n) is 12.1. The van der Waals surface area contributed by atoms with Crippen LogP contribution < -0.4 is 9.64 Å². The lowest BCUT2D eigenvalue weighted by molar-refractivity contribution is 0.0699. The lowest BCUT2D eigenvalue weighted by Gasteiger charge is -2.32. The number of likely N-dealkylation sites (tertiary alicyclic amines) is 1. The molecule has 0 aliphatic carbocycles. The number of carbonyl (C=O) groups excluding carboxylic acids is 1. The molecule has 2 saturated heterocycles. The van der Waals surface area contributed by atoms with Crippen LogP contribution in [-0.4, -0.2) is 56.9 Å². The van der Waals surface area contributed by atoms with Crippen molar-refractivity contribution in [1.29, 1.82) is 0 Å². The highest BCUT2D eigenvalue weighted by molar-refractivity contribution is 5.92. The maximum atomic E-state index is 13.4. The molecule has 0 bridgehead atoms. The van der Waals surface area contributed by atoms with Gasteiger partial charge in [-0.2, -0.15) is 0 Å². The Morgan fingerprint density at radius 1 is 0.971 bits per heavy atom. The molecule has 4 heterocycles. The van der Waals surface area contributed by atoms with E-state index in [1.54, 1.807) is 18.5 Å². The van der Waals surface area contributed by atoms with Crippen LogP contribution in [0.1, 0.15) is 59.9 Å². The number of nitrogens with zero attached hydrogens (tertiary/aromatic N) is 6. The van der Waals surface area contributed by atoms with Gasteiger partial charge in [-0.25, -0.2) is 15.0 Å². The van der Waals surface area contributed by atoms with Crippen LogP contribution >= 0.6 is 0 Å². The zero-order valence-electron chi connectivity index (χ0n) is 19.6. The number of anilines is 1. The average Bonchev–Trinajstić information content (AvgIpc) is 2.89. The molecule has 1 atom stereocenters. The van der Waals surface area contributed by atoms with E-state index in [2.05, 4.69) is 19.9 Å². The van der Waals surface area contributed by atoms with Crippen LogP contribution in [0.3, 0.4) is 0 Å². The van der Waals surface area contributed by atoms with Crippen LogP contribution in [0.2, 0.25) is 0 Å². The van der Waals surface area contributed by atoms with E-state index in [4.69, 9.17) is 9.72 Å². The lowest BCUT2D eigenvalue weighted by atomic mass is 9.95. The van der Waals surface area contributed by atoms with Crippen LogP contribution in [0.5, 0.6) is 11.6 Å². The minimum atomic E-state index is -0.0434. The Labute approximate surface area is 200 Å². The second-order valence-electron chi connectivity index (χ2n) is 9.03. The molecule has 8 heteroatoms. The zero-order chi connectivity index (χ0) is 23.3. The molecular weight excluding hydrogens is 428 g/mol. The minimum absolute atomic E-state index is 0.0434. The van der Waals surface area contributed by atoms with Gasteiger partial charge >= 0.3 is 0 Å². The van der Waals surface area contributed by atoms with Gasteiger partial charge in [0.15, 0.2) is 0 Å². The predicted octanol–water partition coefficient (Wildman–Crippen LogP) is 4.38. The van der Waals surface area contributed by atoms with Crippen LogP contribution in [0.25, 0.3) is 0 Å². The molecule has 8 nitrogen and oxygen atoms in total. The molecule has 0 saturated carbocycles. The summed E-state index contributed by atoms with van der Waals surface area (Å²) in [7, 11) is 0. The first-order valence-corrected chi connectivity index (χ1v) is 12.1. The normalized spacial score (nSPS) is 18.6. The van der Waals surface area contributed by atoms with E-state index in [0.717, 1.165) is 55.9 Å². The van der Waals surface area contributed by atoms with E-state index in [1.165, 1.54) is 6.42 Å². The Kier molecular flexibility index (Phi) is 6.65. The number of ether oxygens (including phenoxy) is 1. The third-order valence-electron chi connectivity index (χ3n) is 6.42. The quantitative estimate of drug-likeness (QED) is 0.561. The monoisotopic (exact) mass is 458 g/mol. The summed E-state index contributed by atoms with van der Waals surface area (Å²) in [6.07, 6.45) is 8.78. The van der Waals surface area contributed by atoms with E-state index >= 15 is 0 Å². The minimum Gasteiger partial charge on any atom is -0.437 e. The van der Waals surface area contributed by atoms with Gasteiger partial charge in [-0.1, -0.05) is 18.2 Å². The summed E-state index contributed by atoms with van der Waals surface area (Å²) < 4.78 is 5.86. The number of carbonyl (C=O) groups is 1. The lowest BCUT2D eigenvalue weighted by Crippen LogP contribution is -2.40. The van der Waals surface area contributed by atoms with Gasteiger partial charge in [-0.3, -0.25) is 9.78 Å². The number of aromatic nitrogens is 4. The predicted molar refractivity (Wildman–Crippen MR) is 129 cm³/mol. The summed E-state index contributed by atoms with van der Waals surface area (Å²) in [6, 6.07) is 11.4. The highest BCUT2D eigenvalue weighted by Gasteiger charge is 2.28. The van der Waals surface area contributed by atoms with E-state index < -0.39 is 0 Å². The highest BCUT2D eigenvalue weighted by atomic mass is 16.5. The Balaban J connectivity index is 1.30. The molecule has 0 spiro atoms. The molecule has 1 amide bonds. The largest absolute Gasteiger partial charge is 0.437 e. The summed E-state index contributed by atoms with van der Waals surface area (Å²) in [5, 5.41) is 0. The molecular formula is C26H30N6O2. The molecule has 3 aromatic rings. The average molecular weight is 459 g/mol. The van der Waals surface area contributed by atoms with Crippen molar-refractivity contribution < 1.29 is 9.53 Å². The van der Waals surface area contributed by atoms with Gasteiger partial charge in [0.1, 0.15) is 11.4 Å². The van der Waals surface area contributed by atoms with Gasteiger partial charge in [-0.15, -0.1) is 0 Å². The molecule has 0 N–H and O–H groups in total. The fourth-order valence-corrected chi connectivity index (χ4v) is 4.68. The Morgan fingerprint density at radius 3 is 2.62 bits per heavy atom. The van der Waals surface area contributed by atoms with Crippen molar-refractivity contribution in [1.82, 2.24) is 24.8 Å². The standard InChI is InChI=1S/C26H30N6O2/c1-19-15-22(30-26(28-19)31-12-6-3-7-13-31)25(33)32-14-8-9-20(18-32)23-16-27-17-24(29-23)34-21-10-4-2-5-11-21/h2,4-5,10-11,15-17,20H,3,6-9,12-14,18H2,1H3/t20-/m0/s1. The van der Waals surface area contributed by atoms with Gasteiger partial charge < -0.3 is 14.5 Å². The third-order valence-corrected chi connectivity index (χ3v) is 6.42. The Hall–Kier alpha value is -3.55. The van der Waals surface area contributed by atoms with Crippen LogP contribution in [0, 0.1) is 6.92 Å². The molecule has 34 heavy (non-hydrogen) atoms. The fraction of sp³-hybridized carbons (Fsp3) is 0.423. The number of amides is 1. The number of benzene rings is 1. The first kappa shape index (κ1) is 22.3. The number of piperidine rings is 2. The van der Waals surface area contributed by atoms with Gasteiger partial charge in [0.2, 0.25) is 11.8 Å². The van der Waals surface area contributed by atoms with Gasteiger partial charge in [0.25, 0.3) is 5.91 Å². The molecule has 2 fully saturated rings. The van der Waals surface area contributed by atoms with Crippen molar-refractivity contribution >= 4 is 11.9 Å². The molecule has 2 aliphatic rings. The Morgan fingerprint density at radius 2 is 1.79 bits per heavy atom. The summed E-state index contributed by atoms with van der Waals surface area (Å²) in [6.45, 7) is 5.13. The van der Waals surface area contributed by atoms with E-state index in [0.29, 0.717) is 30.6 Å². The van der Waals surface area contributed by atoms with E-state index in [1.807, 2.05) is 42.2 Å². The number of para-hydroxylation sites is 1. The molecule has 2 aromatic heterocycles. The van der Waals surface area contributed by atoms with Crippen molar-refractivity contribution in [2.75, 3.05) is 31.1 Å². The first-order chi connectivity index (χ1) is 16.7. The second-order valence-corrected chi connectivity index (χ2v) is 9.03. The smallest absolute Gasteiger partial charge is 0.272 e. The number of rotatable bonds is 5. The fourth-order valence-electron chi connectivity index (χ4n) is 4.68. The van der Waals surface area contributed by atoms with Crippen LogP contribution in [0.4, 0.5) is 5.95 Å². The summed E-state index contributed by atoms with van der Waals surface area (Å²) in [4.78, 5) is 35.8. The molecule has 1 aromatic carbocycles. The van der Waals surface area contributed by atoms with Crippen molar-refractivity contribution in [2.45, 2.75) is 44.9 Å². The molecule has 0 radical (unpaired) electrons. The zero-order valence-corrected chi connectivity index (χ0v) is 19.6. The van der Waals surface area contributed by atoms with Crippen molar-refractivity contribution in [3.8, 4) is 11.6 Å². The molecule has 0 unspecified atom stereocenters. The van der Waals surface area contributed by atoms with Crippen LogP contribution in [-0.2, 0) is 0 Å². The summed E-state index contributed by atoms with van der Waals surface area (Å²) in [5.74, 6) is 1.92. The number of hydrogen-bond donors (Lipinski definition) is 0. The van der Waals surface area contributed by atoms with Crippen molar-refractivity contribution in [3.63, 3.8) is 0 Å². The maximum Gasteiger partial charge on any atom is 0.272 e. The van der Waals surface area contributed by atoms with E-state index in [9.17, 15) is 4.79 Å². The third kappa shape index (κ3) is 5.16. The molecule has 176 valence electrons. The summed E-state index contributed by atoms with van der Waals surface area (Å²) in [5.41, 5.74) is 2.14. The maximum absolute atomic E-state index is 13.4. The Bertz CT molecular complexity index is 1130. The summed E-state index contributed by atoms with van der Waals surface area (Å²) >= 11 is 0. The second kappa shape index (κ2) is 10.2. The SMILES string of the molecule is Cc1cc(C(=O)N2CCC[C@H](c3cncc(Oc4ccccc4)n3)C2)nc(N2CCCCC2)n1.